The average molecular weight is 372 g/mol. The Morgan fingerprint density at radius 2 is 2.11 bits per heavy atom. The lowest BCUT2D eigenvalue weighted by molar-refractivity contribution is 0.0625. The van der Waals surface area contributed by atoms with Gasteiger partial charge in [0.1, 0.15) is 5.82 Å². The molecule has 148 valence electrons. The van der Waals surface area contributed by atoms with E-state index in [1.807, 2.05) is 13.1 Å². The second kappa shape index (κ2) is 9.74. The van der Waals surface area contributed by atoms with Crippen LogP contribution in [0, 0.1) is 12.8 Å². The predicted octanol–water partition coefficient (Wildman–Crippen LogP) is 3.06. The Morgan fingerprint density at radius 1 is 1.33 bits per heavy atom. The molecule has 1 saturated heterocycles. The fraction of sp³-hybridized carbons (Fsp3) is 0.619. The zero-order chi connectivity index (χ0) is 19.1. The van der Waals surface area contributed by atoms with Crippen LogP contribution in [0.1, 0.15) is 31.5 Å². The van der Waals surface area contributed by atoms with Crippen molar-refractivity contribution < 1.29 is 4.74 Å². The third kappa shape index (κ3) is 5.22. The van der Waals surface area contributed by atoms with E-state index in [1.165, 1.54) is 24.8 Å². The quantitative estimate of drug-likeness (QED) is 0.462. The normalized spacial score (nSPS) is 16.0. The summed E-state index contributed by atoms with van der Waals surface area (Å²) in [6, 6.07) is 8.34. The Kier molecular flexibility index (Phi) is 7.10. The molecule has 0 atom stereocenters. The van der Waals surface area contributed by atoms with Crippen LogP contribution >= 0.6 is 0 Å². The second-order valence-corrected chi connectivity index (χ2v) is 7.39. The molecule has 0 spiro atoms. The number of ether oxygens (including phenoxy) is 1. The van der Waals surface area contributed by atoms with E-state index in [2.05, 4.69) is 56.9 Å². The Hall–Kier alpha value is -2.08. The summed E-state index contributed by atoms with van der Waals surface area (Å²) in [5.41, 5.74) is 2.29. The number of aryl methyl sites for hydroxylation is 2. The van der Waals surface area contributed by atoms with Gasteiger partial charge in [-0.3, -0.25) is 4.99 Å². The highest BCUT2D eigenvalue weighted by Crippen LogP contribution is 2.18. The second-order valence-electron chi connectivity index (χ2n) is 7.39. The van der Waals surface area contributed by atoms with Gasteiger partial charge in [0.2, 0.25) is 0 Å². The summed E-state index contributed by atoms with van der Waals surface area (Å²) >= 11 is 0. The Bertz CT molecular complexity index is 748. The molecule has 1 N–H and O–H groups in total. The molecule has 1 aliphatic rings. The van der Waals surface area contributed by atoms with E-state index in [-0.39, 0.29) is 0 Å². The Labute approximate surface area is 162 Å². The number of aromatic nitrogens is 2. The van der Waals surface area contributed by atoms with Crippen molar-refractivity contribution in [1.82, 2.24) is 19.8 Å². The van der Waals surface area contributed by atoms with E-state index in [1.54, 1.807) is 0 Å². The minimum Gasteiger partial charge on any atom is -0.381 e. The monoisotopic (exact) mass is 371 g/mol. The topological polar surface area (TPSA) is 54.7 Å². The number of guanidine groups is 1. The lowest BCUT2D eigenvalue weighted by Crippen LogP contribution is -2.40. The standard InChI is InChI=1S/C21H33N5O/c1-17-24-19-7-4-5-8-20(19)26(17)13-6-12-23-21(22-2)25(3)14-9-18-10-15-27-16-11-18/h4-5,7-8,18H,6,9-16H2,1-3H3,(H,22,23). The first-order valence-electron chi connectivity index (χ1n) is 10.1. The molecule has 0 saturated carbocycles. The van der Waals surface area contributed by atoms with Crippen molar-refractivity contribution in [3.8, 4) is 0 Å². The predicted molar refractivity (Wildman–Crippen MR) is 111 cm³/mol. The maximum Gasteiger partial charge on any atom is 0.193 e. The van der Waals surface area contributed by atoms with Crippen molar-refractivity contribution in [1.29, 1.82) is 0 Å². The lowest BCUT2D eigenvalue weighted by atomic mass is 9.96. The van der Waals surface area contributed by atoms with Crippen LogP contribution in [0.2, 0.25) is 0 Å². The summed E-state index contributed by atoms with van der Waals surface area (Å²) in [7, 11) is 3.99. The number of aliphatic imine (C=N–C) groups is 1. The van der Waals surface area contributed by atoms with Crippen molar-refractivity contribution in [3.05, 3.63) is 30.1 Å². The SMILES string of the molecule is CN=C(NCCCn1c(C)nc2ccccc21)N(C)CCC1CCOCC1. The number of imidazole rings is 1. The molecule has 0 bridgehead atoms. The third-order valence-electron chi connectivity index (χ3n) is 5.47. The Balaban J connectivity index is 1.43. The maximum atomic E-state index is 5.45. The van der Waals surface area contributed by atoms with Crippen LogP contribution in [-0.2, 0) is 11.3 Å². The molecule has 0 radical (unpaired) electrons. The smallest absolute Gasteiger partial charge is 0.193 e. The number of rotatable bonds is 7. The molecule has 2 heterocycles. The van der Waals surface area contributed by atoms with Crippen LogP contribution in [0.15, 0.2) is 29.3 Å². The lowest BCUT2D eigenvalue weighted by Gasteiger charge is -2.26. The van der Waals surface area contributed by atoms with E-state index in [0.717, 1.165) is 62.5 Å². The summed E-state index contributed by atoms with van der Waals surface area (Å²) in [6.07, 6.45) is 4.63. The van der Waals surface area contributed by atoms with Gasteiger partial charge in [0.15, 0.2) is 5.96 Å². The van der Waals surface area contributed by atoms with Gasteiger partial charge in [-0.25, -0.2) is 4.98 Å². The van der Waals surface area contributed by atoms with Gasteiger partial charge >= 0.3 is 0 Å². The van der Waals surface area contributed by atoms with Crippen LogP contribution in [0.3, 0.4) is 0 Å². The van der Waals surface area contributed by atoms with Gasteiger partial charge in [-0.05, 0) is 50.7 Å². The summed E-state index contributed by atoms with van der Waals surface area (Å²) in [5, 5.41) is 3.50. The van der Waals surface area contributed by atoms with Crippen LogP contribution in [0.4, 0.5) is 0 Å². The summed E-state index contributed by atoms with van der Waals surface area (Å²) < 4.78 is 7.75. The number of hydrogen-bond acceptors (Lipinski definition) is 3. The fourth-order valence-corrected chi connectivity index (χ4v) is 3.82. The van der Waals surface area contributed by atoms with E-state index in [4.69, 9.17) is 4.74 Å². The van der Waals surface area contributed by atoms with Crippen LogP contribution in [-0.4, -0.2) is 60.8 Å². The van der Waals surface area contributed by atoms with Gasteiger partial charge in [-0.1, -0.05) is 12.1 Å². The number of para-hydroxylation sites is 2. The first-order chi connectivity index (χ1) is 13.2. The third-order valence-corrected chi connectivity index (χ3v) is 5.47. The van der Waals surface area contributed by atoms with Gasteiger partial charge in [0.25, 0.3) is 0 Å². The summed E-state index contributed by atoms with van der Waals surface area (Å²) in [4.78, 5) is 11.3. The molecule has 0 amide bonds. The molecule has 2 aromatic rings. The maximum absolute atomic E-state index is 5.45. The molecule has 6 nitrogen and oxygen atoms in total. The zero-order valence-corrected chi connectivity index (χ0v) is 16.9. The molecule has 27 heavy (non-hydrogen) atoms. The zero-order valence-electron chi connectivity index (χ0n) is 16.9. The van der Waals surface area contributed by atoms with Gasteiger partial charge < -0.3 is 19.5 Å². The molecule has 0 aliphatic carbocycles. The molecule has 1 aliphatic heterocycles. The molecule has 0 unspecified atom stereocenters. The van der Waals surface area contributed by atoms with E-state index >= 15 is 0 Å². The first-order valence-corrected chi connectivity index (χ1v) is 10.1. The highest BCUT2D eigenvalue weighted by atomic mass is 16.5. The largest absolute Gasteiger partial charge is 0.381 e. The van der Waals surface area contributed by atoms with Crippen LogP contribution in [0.25, 0.3) is 11.0 Å². The number of benzene rings is 1. The minimum absolute atomic E-state index is 0.789. The van der Waals surface area contributed by atoms with E-state index in [9.17, 15) is 0 Å². The van der Waals surface area contributed by atoms with Gasteiger partial charge in [0, 0.05) is 46.9 Å². The van der Waals surface area contributed by atoms with Gasteiger partial charge in [0.05, 0.1) is 11.0 Å². The molecular weight excluding hydrogens is 338 g/mol. The van der Waals surface area contributed by atoms with Crippen molar-refractivity contribution in [2.45, 2.75) is 39.2 Å². The highest BCUT2D eigenvalue weighted by Gasteiger charge is 2.15. The number of hydrogen-bond donors (Lipinski definition) is 1. The Morgan fingerprint density at radius 3 is 2.89 bits per heavy atom. The molecule has 1 aromatic carbocycles. The van der Waals surface area contributed by atoms with Gasteiger partial charge in [-0.2, -0.15) is 0 Å². The average Bonchev–Trinajstić information content (AvgIpc) is 3.02. The van der Waals surface area contributed by atoms with E-state index < -0.39 is 0 Å². The molecule has 1 fully saturated rings. The summed E-state index contributed by atoms with van der Waals surface area (Å²) in [5.74, 6) is 2.85. The van der Waals surface area contributed by atoms with E-state index in [0.29, 0.717) is 0 Å². The highest BCUT2D eigenvalue weighted by molar-refractivity contribution is 5.79. The van der Waals surface area contributed by atoms with Crippen LogP contribution < -0.4 is 5.32 Å². The van der Waals surface area contributed by atoms with Gasteiger partial charge in [-0.15, -0.1) is 0 Å². The minimum atomic E-state index is 0.789. The molecule has 3 rings (SSSR count). The first kappa shape index (κ1) is 19.7. The summed E-state index contributed by atoms with van der Waals surface area (Å²) in [6.45, 7) is 6.82. The van der Waals surface area contributed by atoms with Crippen LogP contribution in [0.5, 0.6) is 0 Å². The van der Waals surface area contributed by atoms with Crippen molar-refractivity contribution in [2.24, 2.45) is 10.9 Å². The van der Waals surface area contributed by atoms with Crippen molar-refractivity contribution in [2.75, 3.05) is 40.4 Å². The number of nitrogens with one attached hydrogen (secondary N) is 1. The molecular formula is C21H33N5O. The number of fused-ring (bicyclic) bond motifs is 1. The van der Waals surface area contributed by atoms with Crippen molar-refractivity contribution in [3.63, 3.8) is 0 Å². The van der Waals surface area contributed by atoms with Crippen molar-refractivity contribution >= 4 is 17.0 Å². The fourth-order valence-electron chi connectivity index (χ4n) is 3.82. The molecule has 1 aromatic heterocycles. The number of nitrogens with zero attached hydrogens (tertiary/aromatic N) is 4. The molecule has 6 heteroatoms.